The number of rotatable bonds is 12. The number of halogens is 2. The predicted molar refractivity (Wildman–Crippen MR) is 274 cm³/mol. The van der Waals surface area contributed by atoms with Crippen molar-refractivity contribution in [1.82, 2.24) is 20.4 Å². The summed E-state index contributed by atoms with van der Waals surface area (Å²) in [5, 5.41) is 13.1. The van der Waals surface area contributed by atoms with Crippen LogP contribution in [0.3, 0.4) is 0 Å². The van der Waals surface area contributed by atoms with E-state index in [1.807, 2.05) is 6.07 Å². The SMILES string of the molecule is Nc1cccc2c1CN(C1CCC(=O)NC1=O)C2=O.O=C(CCc1ccc(N2C(=O)C=C(Br)C2=O)cc1)Cc1cccc2c1CN(C1CCC(=O)NC1=O)C2=O.O=C(O)CCc1ccc(N2C(=O)C=C(Br)C2=O)cc1. The Morgan fingerprint density at radius 2 is 1.01 bits per heavy atom. The lowest BCUT2D eigenvalue weighted by atomic mass is 9.96. The maximum atomic E-state index is 13.0. The monoisotopic (exact) mass is 1150 g/mol. The number of anilines is 3. The summed E-state index contributed by atoms with van der Waals surface area (Å²) in [7, 11) is 0. The Morgan fingerprint density at radius 1 is 0.573 bits per heavy atom. The lowest BCUT2D eigenvalue weighted by molar-refractivity contribution is -0.138. The molecular weight excluding hydrogens is 1100 g/mol. The average Bonchev–Trinajstić information content (AvgIpc) is 4.07. The first-order chi connectivity index (χ1) is 35.8. The van der Waals surface area contributed by atoms with Gasteiger partial charge in [-0.25, -0.2) is 9.80 Å². The molecule has 0 aliphatic carbocycles. The van der Waals surface area contributed by atoms with Crippen molar-refractivity contribution in [2.24, 2.45) is 0 Å². The van der Waals surface area contributed by atoms with Gasteiger partial charge in [-0.3, -0.25) is 68.2 Å². The van der Waals surface area contributed by atoms with Crippen molar-refractivity contribution >= 4 is 120 Å². The molecule has 2 saturated heterocycles. The van der Waals surface area contributed by atoms with Crippen LogP contribution in [0.5, 0.6) is 0 Å². The minimum atomic E-state index is -0.859. The van der Waals surface area contributed by atoms with Crippen molar-refractivity contribution in [3.63, 3.8) is 0 Å². The Kier molecular flexibility index (Phi) is 15.9. The fourth-order valence-electron chi connectivity index (χ4n) is 9.26. The third-order valence-corrected chi connectivity index (χ3v) is 14.3. The molecule has 10 rings (SSSR count). The summed E-state index contributed by atoms with van der Waals surface area (Å²) in [6.07, 6.45) is 4.93. The number of ketones is 1. The minimum absolute atomic E-state index is 0.00223. The summed E-state index contributed by atoms with van der Waals surface area (Å²) in [5.74, 6) is -4.45. The fraction of sp³-hybridized carbons (Fsp3) is 0.245. The quantitative estimate of drug-likeness (QED) is 0.114. The molecule has 2 fully saturated rings. The third kappa shape index (κ3) is 11.6. The zero-order chi connectivity index (χ0) is 53.8. The van der Waals surface area contributed by atoms with Crippen LogP contribution in [0, 0.1) is 0 Å². The molecule has 0 aromatic heterocycles. The van der Waals surface area contributed by atoms with E-state index in [2.05, 4.69) is 42.5 Å². The van der Waals surface area contributed by atoms with Gasteiger partial charge in [0.1, 0.15) is 17.9 Å². The number of carbonyl (C=O) groups is 12. The summed E-state index contributed by atoms with van der Waals surface area (Å²) in [5.41, 5.74) is 12.4. The number of hydrogen-bond donors (Lipinski definition) is 4. The number of fused-ring (bicyclic) bond motifs is 2. The predicted octanol–water partition coefficient (Wildman–Crippen LogP) is 4.23. The number of aliphatic carboxylic acids is 1. The number of amides is 10. The molecule has 384 valence electrons. The highest BCUT2D eigenvalue weighted by molar-refractivity contribution is 9.12. The first-order valence-electron chi connectivity index (χ1n) is 23.5. The molecule has 20 nitrogen and oxygen atoms in total. The number of carboxylic acids is 1. The van der Waals surface area contributed by atoms with Crippen molar-refractivity contribution < 1.29 is 62.6 Å². The molecule has 22 heteroatoms. The van der Waals surface area contributed by atoms with Gasteiger partial charge in [0.25, 0.3) is 35.4 Å². The highest BCUT2D eigenvalue weighted by Crippen LogP contribution is 2.33. The molecule has 10 amide bonds. The van der Waals surface area contributed by atoms with Crippen LogP contribution in [0.4, 0.5) is 17.1 Å². The smallest absolute Gasteiger partial charge is 0.303 e. The summed E-state index contributed by atoms with van der Waals surface area (Å²) >= 11 is 6.10. The summed E-state index contributed by atoms with van der Waals surface area (Å²) in [4.78, 5) is 148. The third-order valence-electron chi connectivity index (χ3n) is 13.2. The van der Waals surface area contributed by atoms with E-state index < -0.39 is 53.5 Å². The van der Waals surface area contributed by atoms with Gasteiger partial charge in [-0.1, -0.05) is 42.5 Å². The first-order valence-corrected chi connectivity index (χ1v) is 25.1. The second-order valence-corrected chi connectivity index (χ2v) is 19.7. The van der Waals surface area contributed by atoms with Crippen LogP contribution < -0.4 is 26.2 Å². The molecule has 75 heavy (non-hydrogen) atoms. The Labute approximate surface area is 444 Å². The summed E-state index contributed by atoms with van der Waals surface area (Å²) < 4.78 is 0.439. The van der Waals surface area contributed by atoms with E-state index in [0.717, 1.165) is 37.6 Å². The number of Topliss-reactive ketones (excluding diaryl/α,β-unsaturated/α-hetero) is 1. The zero-order valence-electron chi connectivity index (χ0n) is 39.6. The molecule has 0 spiro atoms. The maximum absolute atomic E-state index is 13.0. The van der Waals surface area contributed by atoms with E-state index in [-0.39, 0.29) is 83.4 Å². The Hall–Kier alpha value is -8.24. The Morgan fingerprint density at radius 3 is 1.44 bits per heavy atom. The number of carbonyl (C=O) groups excluding carboxylic acids is 11. The van der Waals surface area contributed by atoms with Crippen LogP contribution in [0.25, 0.3) is 0 Å². The minimum Gasteiger partial charge on any atom is -0.481 e. The number of hydrogen-bond acceptors (Lipinski definition) is 13. The van der Waals surface area contributed by atoms with Gasteiger partial charge in [-0.2, -0.15) is 0 Å². The van der Waals surface area contributed by atoms with Gasteiger partial charge in [-0.05, 0) is 122 Å². The van der Waals surface area contributed by atoms with Crippen LogP contribution in [-0.2, 0) is 80.3 Å². The van der Waals surface area contributed by atoms with Crippen molar-refractivity contribution in [2.45, 2.75) is 83.0 Å². The number of nitrogens with zero attached hydrogens (tertiary/aromatic N) is 4. The Balaban J connectivity index is 0.000000165. The number of nitrogens with two attached hydrogens (primary N) is 1. The fourth-order valence-corrected chi connectivity index (χ4v) is 10.0. The Bertz CT molecular complexity index is 3210. The number of piperidine rings is 2. The lowest BCUT2D eigenvalue weighted by Gasteiger charge is -2.29. The molecule has 2 unspecified atom stereocenters. The second kappa shape index (κ2) is 22.5. The van der Waals surface area contributed by atoms with Crippen LogP contribution in [0.1, 0.15) is 87.1 Å². The molecule has 6 aliphatic heterocycles. The van der Waals surface area contributed by atoms with Crippen LogP contribution in [0.2, 0.25) is 0 Å². The van der Waals surface area contributed by atoms with E-state index >= 15 is 0 Å². The van der Waals surface area contributed by atoms with E-state index in [1.54, 1.807) is 78.9 Å². The summed E-state index contributed by atoms with van der Waals surface area (Å²) in [6.45, 7) is 0.553. The van der Waals surface area contributed by atoms with Gasteiger partial charge in [0.15, 0.2) is 0 Å². The maximum Gasteiger partial charge on any atom is 0.303 e. The van der Waals surface area contributed by atoms with Crippen molar-refractivity contribution in [3.8, 4) is 0 Å². The topological polar surface area (TPSA) is 288 Å². The zero-order valence-corrected chi connectivity index (χ0v) is 42.8. The van der Waals surface area contributed by atoms with Gasteiger partial charge in [0.2, 0.25) is 23.6 Å². The molecule has 4 aromatic rings. The number of nitrogen functional groups attached to an aromatic ring is 1. The van der Waals surface area contributed by atoms with Crippen molar-refractivity contribution in [1.29, 1.82) is 0 Å². The molecule has 0 bridgehead atoms. The van der Waals surface area contributed by atoms with E-state index in [9.17, 15) is 57.5 Å². The van der Waals surface area contributed by atoms with Crippen molar-refractivity contribution in [2.75, 3.05) is 15.5 Å². The lowest BCUT2D eigenvalue weighted by Crippen LogP contribution is -2.52. The van der Waals surface area contributed by atoms with Gasteiger partial charge < -0.3 is 20.6 Å². The van der Waals surface area contributed by atoms with Gasteiger partial charge >= 0.3 is 5.97 Å². The molecule has 4 aromatic carbocycles. The molecule has 5 N–H and O–H groups in total. The highest BCUT2D eigenvalue weighted by Gasteiger charge is 2.41. The second-order valence-electron chi connectivity index (χ2n) is 18.0. The number of aryl methyl sites for hydroxylation is 2. The van der Waals surface area contributed by atoms with Gasteiger partial charge in [-0.15, -0.1) is 0 Å². The van der Waals surface area contributed by atoms with Crippen LogP contribution >= 0.6 is 31.9 Å². The highest BCUT2D eigenvalue weighted by atomic mass is 79.9. The summed E-state index contributed by atoms with van der Waals surface area (Å²) in [6, 6.07) is 22.7. The molecule has 0 saturated carbocycles. The number of carboxylic acid groups (broad SMARTS) is 1. The van der Waals surface area contributed by atoms with Crippen LogP contribution in [0.15, 0.2) is 106 Å². The van der Waals surface area contributed by atoms with E-state index in [1.165, 1.54) is 22.0 Å². The largest absolute Gasteiger partial charge is 0.481 e. The van der Waals surface area contributed by atoms with E-state index in [4.69, 9.17) is 10.8 Å². The van der Waals surface area contributed by atoms with Gasteiger partial charge in [0, 0.05) is 79.7 Å². The molecular formula is C53H45Br2N7O13. The first kappa shape index (κ1) is 53.1. The molecule has 0 radical (unpaired) electrons. The number of benzene rings is 4. The molecule has 6 heterocycles. The number of nitrogens with one attached hydrogen (secondary N) is 2. The van der Waals surface area contributed by atoms with Gasteiger partial charge in [0.05, 0.1) is 20.3 Å². The molecule has 2 atom stereocenters. The van der Waals surface area contributed by atoms with Crippen LogP contribution in [-0.4, -0.2) is 97.8 Å². The number of imide groups is 4. The normalized spacial score (nSPS) is 19.0. The average molecular weight is 1150 g/mol. The van der Waals surface area contributed by atoms with Crippen molar-refractivity contribution in [3.05, 3.63) is 145 Å². The van der Waals surface area contributed by atoms with E-state index in [0.29, 0.717) is 54.0 Å². The molecule has 6 aliphatic rings. The standard InChI is InChI=1S/C27H22BrN3O6.C13H10BrNO4.C13H13N3O3/c28-21-13-24(34)31(27(21)37)17-7-4-15(5-8-17)6-9-18(32)12-16-2-1-3-19-20(16)14-30(26(19)36)22-10-11-23(33)29-25(22)35;14-10-7-11(16)15(13(10)19)9-4-1-8(2-5-9)3-6-12(17)18;14-9-3-1-2-7-8(9)6-16(13(7)19)10-4-5-11(17)15-12(10)18/h1-5,7-8,13,22H,6,9-12,14H2,(H,29,33,35);1-2,4-5,7H,3,6H2,(H,17,18);1-3,10H,4-6,14H2,(H,15,17,18).